The smallest absolute Gasteiger partial charge is 0.329 e. The third-order valence-electron chi connectivity index (χ3n) is 3.36. The zero-order valence-electron chi connectivity index (χ0n) is 13.5. The largest absolute Gasteiger partial charge is 0.418 e. The molecule has 2 aromatic rings. The Morgan fingerprint density at radius 2 is 1.96 bits per heavy atom. The van der Waals surface area contributed by atoms with Crippen LogP contribution in [0.2, 0.25) is 0 Å². The summed E-state index contributed by atoms with van der Waals surface area (Å²) in [5.41, 5.74) is -1.09. The van der Waals surface area contributed by atoms with E-state index in [9.17, 15) is 18.0 Å². The molecule has 0 saturated heterocycles. The van der Waals surface area contributed by atoms with Crippen molar-refractivity contribution in [3.8, 4) is 0 Å². The number of nitrogens with zero attached hydrogens (tertiary/aromatic N) is 2. The average molecular weight is 357 g/mol. The topological polar surface area (TPSA) is 46.9 Å². The van der Waals surface area contributed by atoms with Gasteiger partial charge in [-0.05, 0) is 18.1 Å². The maximum absolute atomic E-state index is 13.0. The molecule has 0 saturated carbocycles. The molecule has 1 aromatic heterocycles. The van der Waals surface area contributed by atoms with Gasteiger partial charge in [0.05, 0.1) is 16.5 Å². The highest BCUT2D eigenvalue weighted by Crippen LogP contribution is 2.35. The lowest BCUT2D eigenvalue weighted by Crippen LogP contribution is -2.30. The van der Waals surface area contributed by atoms with Gasteiger partial charge in [-0.25, -0.2) is 4.98 Å². The summed E-state index contributed by atoms with van der Waals surface area (Å²) in [6.07, 6.45) is -1.17. The van der Waals surface area contributed by atoms with Crippen LogP contribution in [0.15, 0.2) is 41.8 Å². The number of anilines is 1. The first-order chi connectivity index (χ1) is 11.2. The van der Waals surface area contributed by atoms with E-state index in [1.54, 1.807) is 24.0 Å². The van der Waals surface area contributed by atoms with E-state index < -0.39 is 22.9 Å². The van der Waals surface area contributed by atoms with Crippen LogP contribution in [0.25, 0.3) is 0 Å². The molecule has 1 unspecified atom stereocenters. The van der Waals surface area contributed by atoms with Gasteiger partial charge in [-0.2, -0.15) is 13.2 Å². The summed E-state index contributed by atoms with van der Waals surface area (Å²) in [6, 6.07) is 4.96. The van der Waals surface area contributed by atoms with E-state index in [0.29, 0.717) is 5.16 Å². The highest BCUT2D eigenvalue weighted by Gasteiger charge is 2.34. The van der Waals surface area contributed by atoms with E-state index in [2.05, 4.69) is 10.3 Å². The molecule has 0 aliphatic heterocycles. The Bertz CT molecular complexity index is 713. The highest BCUT2D eigenvalue weighted by atomic mass is 32.2. The van der Waals surface area contributed by atoms with Crippen LogP contribution in [0.5, 0.6) is 0 Å². The summed E-state index contributed by atoms with van der Waals surface area (Å²) in [7, 11) is 1.80. The quantitative estimate of drug-likeness (QED) is 0.816. The number of alkyl halides is 3. The number of nitrogens with one attached hydrogen (secondary N) is 1. The van der Waals surface area contributed by atoms with Crippen LogP contribution in [0.3, 0.4) is 0 Å². The van der Waals surface area contributed by atoms with Crippen molar-refractivity contribution in [2.75, 3.05) is 5.32 Å². The highest BCUT2D eigenvalue weighted by molar-refractivity contribution is 8.00. The van der Waals surface area contributed by atoms with Crippen molar-refractivity contribution in [3.63, 3.8) is 0 Å². The molecule has 1 heterocycles. The van der Waals surface area contributed by atoms with E-state index in [1.165, 1.54) is 30.0 Å². The second-order valence-electron chi connectivity index (χ2n) is 5.64. The molecule has 1 atom stereocenters. The number of hydrogen-bond acceptors (Lipinski definition) is 3. The van der Waals surface area contributed by atoms with Gasteiger partial charge in [0.15, 0.2) is 5.16 Å². The van der Waals surface area contributed by atoms with Crippen molar-refractivity contribution in [3.05, 3.63) is 42.2 Å². The summed E-state index contributed by atoms with van der Waals surface area (Å²) in [5.74, 6) is -0.556. The number of carbonyl (C=O) groups excluding carboxylic acids is 1. The Morgan fingerprint density at radius 1 is 1.29 bits per heavy atom. The number of benzene rings is 1. The van der Waals surface area contributed by atoms with E-state index in [1.807, 2.05) is 13.8 Å². The fourth-order valence-electron chi connectivity index (χ4n) is 2.11. The lowest BCUT2D eigenvalue weighted by atomic mass is 10.1. The molecule has 0 fully saturated rings. The zero-order chi connectivity index (χ0) is 17.9. The number of halogens is 3. The Labute approximate surface area is 142 Å². The number of aryl methyl sites for hydroxylation is 1. The number of rotatable bonds is 5. The van der Waals surface area contributed by atoms with Crippen molar-refractivity contribution in [2.45, 2.75) is 30.4 Å². The molecule has 4 nitrogen and oxygen atoms in total. The number of para-hydroxylation sites is 1. The molecular weight excluding hydrogens is 339 g/mol. The molecule has 1 aromatic carbocycles. The van der Waals surface area contributed by atoms with Gasteiger partial charge in [0.2, 0.25) is 5.91 Å². The summed E-state index contributed by atoms with van der Waals surface area (Å²) in [5, 5.41) is 2.48. The fourth-order valence-corrected chi connectivity index (χ4v) is 3.13. The minimum atomic E-state index is -4.52. The van der Waals surface area contributed by atoms with E-state index in [0.717, 1.165) is 6.07 Å². The standard InChI is InChI=1S/C16H18F3N3OS/c1-10(2)13(24-15-20-8-9-22(15)3)14(23)21-12-7-5-4-6-11(12)16(17,18)19/h4-10,13H,1-3H3,(H,21,23). The van der Waals surface area contributed by atoms with Crippen LogP contribution >= 0.6 is 11.8 Å². The molecular formula is C16H18F3N3OS. The van der Waals surface area contributed by atoms with Gasteiger partial charge in [0.1, 0.15) is 0 Å². The number of thioether (sulfide) groups is 1. The molecule has 24 heavy (non-hydrogen) atoms. The number of carbonyl (C=O) groups is 1. The van der Waals surface area contributed by atoms with Gasteiger partial charge >= 0.3 is 6.18 Å². The minimum absolute atomic E-state index is 0.0789. The lowest BCUT2D eigenvalue weighted by molar-refractivity contribution is -0.137. The molecule has 130 valence electrons. The number of imidazole rings is 1. The van der Waals surface area contributed by atoms with E-state index in [-0.39, 0.29) is 11.6 Å². The average Bonchev–Trinajstić information content (AvgIpc) is 2.89. The number of aromatic nitrogens is 2. The van der Waals surface area contributed by atoms with Crippen LogP contribution < -0.4 is 5.32 Å². The van der Waals surface area contributed by atoms with Crippen LogP contribution in [0.1, 0.15) is 19.4 Å². The van der Waals surface area contributed by atoms with Crippen molar-refractivity contribution in [1.82, 2.24) is 9.55 Å². The van der Waals surface area contributed by atoms with Crippen molar-refractivity contribution >= 4 is 23.4 Å². The predicted octanol–water partition coefficient (Wildman–Crippen LogP) is 4.19. The van der Waals surface area contributed by atoms with Gasteiger partial charge in [-0.15, -0.1) is 0 Å². The SMILES string of the molecule is CC(C)C(Sc1nccn1C)C(=O)Nc1ccccc1C(F)(F)F. The molecule has 1 amide bonds. The summed E-state index contributed by atoms with van der Waals surface area (Å²) in [6.45, 7) is 3.69. The first kappa shape index (κ1) is 18.4. The normalized spacial score (nSPS) is 13.1. The third kappa shape index (κ3) is 4.31. The maximum atomic E-state index is 13.0. The Hall–Kier alpha value is -1.96. The predicted molar refractivity (Wildman–Crippen MR) is 87.8 cm³/mol. The van der Waals surface area contributed by atoms with Gasteiger partial charge in [-0.1, -0.05) is 37.7 Å². The number of hydrogen-bond donors (Lipinski definition) is 1. The van der Waals surface area contributed by atoms with Gasteiger partial charge < -0.3 is 9.88 Å². The monoisotopic (exact) mass is 357 g/mol. The van der Waals surface area contributed by atoms with Crippen LogP contribution in [0.4, 0.5) is 18.9 Å². The lowest BCUT2D eigenvalue weighted by Gasteiger charge is -2.21. The minimum Gasteiger partial charge on any atom is -0.329 e. The Morgan fingerprint density at radius 3 is 2.50 bits per heavy atom. The zero-order valence-corrected chi connectivity index (χ0v) is 14.3. The molecule has 1 N–H and O–H groups in total. The van der Waals surface area contributed by atoms with Crippen LogP contribution in [-0.4, -0.2) is 20.7 Å². The molecule has 0 bridgehead atoms. The number of amides is 1. The molecule has 8 heteroatoms. The van der Waals surface area contributed by atoms with E-state index in [4.69, 9.17) is 0 Å². The first-order valence-electron chi connectivity index (χ1n) is 7.31. The molecule has 0 radical (unpaired) electrons. The van der Waals surface area contributed by atoms with Crippen LogP contribution in [-0.2, 0) is 18.0 Å². The summed E-state index contributed by atoms with van der Waals surface area (Å²) < 4.78 is 40.9. The van der Waals surface area contributed by atoms with Gasteiger partial charge in [0, 0.05) is 19.4 Å². The van der Waals surface area contributed by atoms with Crippen molar-refractivity contribution in [2.24, 2.45) is 13.0 Å². The van der Waals surface area contributed by atoms with Crippen molar-refractivity contribution in [1.29, 1.82) is 0 Å². The van der Waals surface area contributed by atoms with Crippen molar-refractivity contribution < 1.29 is 18.0 Å². The fraction of sp³-hybridized carbons (Fsp3) is 0.375. The molecule has 0 spiro atoms. The second-order valence-corrected chi connectivity index (χ2v) is 6.74. The first-order valence-corrected chi connectivity index (χ1v) is 8.19. The third-order valence-corrected chi connectivity index (χ3v) is 4.98. The van der Waals surface area contributed by atoms with Crippen LogP contribution in [0, 0.1) is 5.92 Å². The summed E-state index contributed by atoms with van der Waals surface area (Å²) in [4.78, 5) is 16.7. The van der Waals surface area contributed by atoms with Gasteiger partial charge in [0.25, 0.3) is 0 Å². The molecule has 2 rings (SSSR count). The molecule has 0 aliphatic carbocycles. The van der Waals surface area contributed by atoms with E-state index >= 15 is 0 Å². The Balaban J connectivity index is 2.22. The maximum Gasteiger partial charge on any atom is 0.418 e. The van der Waals surface area contributed by atoms with Gasteiger partial charge in [-0.3, -0.25) is 4.79 Å². The molecule has 0 aliphatic rings. The second kappa shape index (κ2) is 7.29. The summed E-state index contributed by atoms with van der Waals surface area (Å²) >= 11 is 1.23. The Kier molecular flexibility index (Phi) is 5.58.